The molecule has 0 bridgehead atoms. The molecule has 8 heteroatoms. The molecule has 4 nitrogen and oxygen atoms in total. The van der Waals surface area contributed by atoms with Gasteiger partial charge in [-0.05, 0) is 12.1 Å². The molecule has 0 aliphatic rings. The molecule has 0 saturated carbocycles. The van der Waals surface area contributed by atoms with Crippen molar-refractivity contribution in [2.75, 3.05) is 5.73 Å². The maximum Gasteiger partial charge on any atom is 0.433 e. The van der Waals surface area contributed by atoms with Crippen molar-refractivity contribution in [1.82, 2.24) is 15.2 Å². The van der Waals surface area contributed by atoms with E-state index >= 15 is 0 Å². The number of aromatic nitrogens is 3. The van der Waals surface area contributed by atoms with E-state index < -0.39 is 11.9 Å². The van der Waals surface area contributed by atoms with Gasteiger partial charge >= 0.3 is 6.18 Å². The first kappa shape index (κ1) is 10.8. The topological polar surface area (TPSA) is 64.7 Å². The first-order valence-electron chi connectivity index (χ1n) is 4.09. The SMILES string of the molecule is Nc1nnc(-c2ccc(C(F)(F)F)nc2)s1. The number of nitrogen functional groups attached to an aromatic ring is 1. The second-order valence-electron chi connectivity index (χ2n) is 2.88. The third-order valence-corrected chi connectivity index (χ3v) is 2.54. The van der Waals surface area contributed by atoms with Crippen LogP contribution in [0.1, 0.15) is 5.69 Å². The highest BCUT2D eigenvalue weighted by atomic mass is 32.1. The zero-order valence-electron chi connectivity index (χ0n) is 7.69. The van der Waals surface area contributed by atoms with Crippen molar-refractivity contribution < 1.29 is 13.2 Å². The van der Waals surface area contributed by atoms with Gasteiger partial charge in [-0.3, -0.25) is 4.98 Å². The van der Waals surface area contributed by atoms with Crippen LogP contribution in [0.5, 0.6) is 0 Å². The Balaban J connectivity index is 2.33. The quantitative estimate of drug-likeness (QED) is 0.837. The predicted molar refractivity (Wildman–Crippen MR) is 52.6 cm³/mol. The number of rotatable bonds is 1. The summed E-state index contributed by atoms with van der Waals surface area (Å²) in [4.78, 5) is 3.31. The van der Waals surface area contributed by atoms with Crippen LogP contribution >= 0.6 is 11.3 Å². The number of halogens is 3. The van der Waals surface area contributed by atoms with Gasteiger partial charge in [0.05, 0.1) is 0 Å². The van der Waals surface area contributed by atoms with E-state index in [4.69, 9.17) is 5.73 Å². The number of nitrogens with two attached hydrogens (primary N) is 1. The second-order valence-corrected chi connectivity index (χ2v) is 3.88. The van der Waals surface area contributed by atoms with Crippen LogP contribution in [0.2, 0.25) is 0 Å². The van der Waals surface area contributed by atoms with Gasteiger partial charge in [0.2, 0.25) is 5.13 Å². The van der Waals surface area contributed by atoms with E-state index in [9.17, 15) is 13.2 Å². The Morgan fingerprint density at radius 1 is 1.19 bits per heavy atom. The van der Waals surface area contributed by atoms with Crippen LogP contribution in [0.15, 0.2) is 18.3 Å². The lowest BCUT2D eigenvalue weighted by Crippen LogP contribution is -2.07. The van der Waals surface area contributed by atoms with E-state index in [2.05, 4.69) is 15.2 Å². The molecular formula is C8H5F3N4S. The minimum Gasteiger partial charge on any atom is -0.374 e. The van der Waals surface area contributed by atoms with Gasteiger partial charge in [0, 0.05) is 11.8 Å². The third kappa shape index (κ3) is 2.11. The van der Waals surface area contributed by atoms with Crippen LogP contribution in [0.3, 0.4) is 0 Å². The summed E-state index contributed by atoms with van der Waals surface area (Å²) in [5.41, 5.74) is 4.88. The van der Waals surface area contributed by atoms with Crippen LogP contribution < -0.4 is 5.73 Å². The van der Waals surface area contributed by atoms with Crippen LogP contribution in [-0.4, -0.2) is 15.2 Å². The Kier molecular flexibility index (Phi) is 2.50. The van der Waals surface area contributed by atoms with Gasteiger partial charge in [-0.2, -0.15) is 13.2 Å². The van der Waals surface area contributed by atoms with Gasteiger partial charge in [-0.15, -0.1) is 10.2 Å². The van der Waals surface area contributed by atoms with Gasteiger partial charge < -0.3 is 5.73 Å². The lowest BCUT2D eigenvalue weighted by molar-refractivity contribution is -0.141. The number of anilines is 1. The van der Waals surface area contributed by atoms with Crippen LogP contribution in [0.25, 0.3) is 10.6 Å². The summed E-state index contributed by atoms with van der Waals surface area (Å²) in [5, 5.41) is 7.96. The molecule has 2 N–H and O–H groups in total. The van der Waals surface area contributed by atoms with E-state index in [1.165, 1.54) is 6.07 Å². The summed E-state index contributed by atoms with van der Waals surface area (Å²) in [5.74, 6) is 0. The Morgan fingerprint density at radius 3 is 2.38 bits per heavy atom. The molecule has 0 spiro atoms. The maximum atomic E-state index is 12.2. The largest absolute Gasteiger partial charge is 0.433 e. The molecule has 0 atom stereocenters. The van der Waals surface area contributed by atoms with E-state index in [0.717, 1.165) is 23.6 Å². The summed E-state index contributed by atoms with van der Waals surface area (Å²) in [6.45, 7) is 0. The minimum absolute atomic E-state index is 0.259. The third-order valence-electron chi connectivity index (χ3n) is 1.74. The van der Waals surface area contributed by atoms with Crippen molar-refractivity contribution in [2.24, 2.45) is 0 Å². The van der Waals surface area contributed by atoms with Crippen LogP contribution in [0.4, 0.5) is 18.3 Å². The Bertz CT molecular complexity index is 491. The average Bonchev–Trinajstić information content (AvgIpc) is 2.64. The highest BCUT2D eigenvalue weighted by Gasteiger charge is 2.32. The number of hydrogen-bond donors (Lipinski definition) is 1. The fraction of sp³-hybridized carbons (Fsp3) is 0.125. The van der Waals surface area contributed by atoms with Crippen molar-refractivity contribution in [1.29, 1.82) is 0 Å². The Labute approximate surface area is 92.0 Å². The van der Waals surface area contributed by atoms with Crippen molar-refractivity contribution in [3.05, 3.63) is 24.0 Å². The Morgan fingerprint density at radius 2 is 1.94 bits per heavy atom. The van der Waals surface area contributed by atoms with E-state index in [1.807, 2.05) is 0 Å². The molecule has 2 aromatic rings. The maximum absolute atomic E-state index is 12.2. The molecule has 84 valence electrons. The van der Waals surface area contributed by atoms with Gasteiger partial charge in [-0.25, -0.2) is 0 Å². The van der Waals surface area contributed by atoms with Crippen molar-refractivity contribution in [2.45, 2.75) is 6.18 Å². The molecule has 0 unspecified atom stereocenters. The zero-order chi connectivity index (χ0) is 11.8. The molecule has 2 aromatic heterocycles. The smallest absolute Gasteiger partial charge is 0.374 e. The van der Waals surface area contributed by atoms with Crippen molar-refractivity contribution in [3.63, 3.8) is 0 Å². The highest BCUT2D eigenvalue weighted by Crippen LogP contribution is 2.29. The van der Waals surface area contributed by atoms with Gasteiger partial charge in [0.15, 0.2) is 5.01 Å². The molecule has 2 rings (SSSR count). The molecule has 0 aliphatic carbocycles. The highest BCUT2D eigenvalue weighted by molar-refractivity contribution is 7.18. The normalized spacial score (nSPS) is 11.7. The standard InChI is InChI=1S/C8H5F3N4S/c9-8(10,11)5-2-1-4(3-13-5)6-14-15-7(12)16-6/h1-3H,(H2,12,15). The monoisotopic (exact) mass is 246 g/mol. The molecule has 0 radical (unpaired) electrons. The minimum atomic E-state index is -4.43. The summed E-state index contributed by atoms with van der Waals surface area (Å²) < 4.78 is 36.7. The molecule has 0 amide bonds. The van der Waals surface area contributed by atoms with Gasteiger partial charge in [0.1, 0.15) is 5.69 Å². The van der Waals surface area contributed by atoms with Crippen molar-refractivity contribution in [3.8, 4) is 10.6 Å². The van der Waals surface area contributed by atoms with E-state index in [-0.39, 0.29) is 5.13 Å². The number of hydrogen-bond acceptors (Lipinski definition) is 5. The summed E-state index contributed by atoms with van der Waals surface area (Å²) in [6, 6.07) is 2.18. The lowest BCUT2D eigenvalue weighted by atomic mass is 10.2. The first-order chi connectivity index (χ1) is 7.47. The summed E-state index contributed by atoms with van der Waals surface area (Å²) in [6.07, 6.45) is -3.33. The zero-order valence-corrected chi connectivity index (χ0v) is 8.51. The molecular weight excluding hydrogens is 241 g/mol. The molecule has 0 aliphatic heterocycles. The van der Waals surface area contributed by atoms with Crippen molar-refractivity contribution >= 4 is 16.5 Å². The number of pyridine rings is 1. The summed E-state index contributed by atoms with van der Waals surface area (Å²) in [7, 11) is 0. The second kappa shape index (κ2) is 3.71. The van der Waals surface area contributed by atoms with Gasteiger partial charge in [0.25, 0.3) is 0 Å². The van der Waals surface area contributed by atoms with Crippen LogP contribution in [-0.2, 0) is 6.18 Å². The molecule has 0 aromatic carbocycles. The Hall–Kier alpha value is -1.70. The molecule has 2 heterocycles. The fourth-order valence-electron chi connectivity index (χ4n) is 1.04. The first-order valence-corrected chi connectivity index (χ1v) is 4.91. The van der Waals surface area contributed by atoms with E-state index in [1.54, 1.807) is 0 Å². The lowest BCUT2D eigenvalue weighted by Gasteiger charge is -2.04. The fourth-order valence-corrected chi connectivity index (χ4v) is 1.64. The number of nitrogens with zero attached hydrogens (tertiary/aromatic N) is 3. The molecule has 0 saturated heterocycles. The average molecular weight is 246 g/mol. The van der Waals surface area contributed by atoms with Crippen LogP contribution in [0, 0.1) is 0 Å². The molecule has 16 heavy (non-hydrogen) atoms. The number of alkyl halides is 3. The van der Waals surface area contributed by atoms with E-state index in [0.29, 0.717) is 10.6 Å². The predicted octanol–water partition coefficient (Wildman–Crippen LogP) is 2.20. The summed E-state index contributed by atoms with van der Waals surface area (Å²) >= 11 is 1.09. The molecule has 0 fully saturated rings. The van der Waals surface area contributed by atoms with Gasteiger partial charge in [-0.1, -0.05) is 11.3 Å².